The van der Waals surface area contributed by atoms with Crippen LogP contribution < -0.4 is 11.5 Å². The van der Waals surface area contributed by atoms with Gasteiger partial charge in [0, 0.05) is 0 Å². The van der Waals surface area contributed by atoms with Crippen molar-refractivity contribution < 1.29 is 78.6 Å². The largest absolute Gasteiger partial charge is 0.480 e. The summed E-state index contributed by atoms with van der Waals surface area (Å²) < 4.78 is 0. The summed E-state index contributed by atoms with van der Waals surface area (Å²) in [4.78, 5) is 98.5. The van der Waals surface area contributed by atoms with E-state index in [0.29, 0.717) is 24.7 Å². The molecule has 0 aliphatic rings. The van der Waals surface area contributed by atoms with Gasteiger partial charge in [0.25, 0.3) is 0 Å². The lowest BCUT2D eigenvalue weighted by molar-refractivity contribution is -0.159. The molecule has 0 aromatic heterocycles. The first-order chi connectivity index (χ1) is 17.0. The maximum atomic E-state index is 10.1. The predicted molar refractivity (Wildman–Crippen MR) is 121 cm³/mol. The standard InChI is InChI=1S/2C6H13NO2.2C4H2O6/c2*1-4(2)3-5(7)6(8)9;2*5-1(3(7)8)2(6)4(9)10/h2*4-5H,3,7H2,1-2H3,(H,8,9);2*(H,7,8)(H,9,10)/t2*5-;;/m00../s1. The third kappa shape index (κ3) is 23.2. The van der Waals surface area contributed by atoms with Crippen molar-refractivity contribution in [2.75, 3.05) is 0 Å². The van der Waals surface area contributed by atoms with Crippen LogP contribution in [-0.4, -0.2) is 102 Å². The molecule has 38 heavy (non-hydrogen) atoms. The molecule has 2 atom stereocenters. The van der Waals surface area contributed by atoms with E-state index in [-0.39, 0.29) is 0 Å². The van der Waals surface area contributed by atoms with Crippen LogP contribution in [0, 0.1) is 11.8 Å². The smallest absolute Gasteiger partial charge is 0.381 e. The Morgan fingerprint density at radius 3 is 0.658 bits per heavy atom. The predicted octanol–water partition coefficient (Wildman–Crippen LogP) is -2.52. The minimum absolute atomic E-state index is 0.357. The van der Waals surface area contributed by atoms with Crippen LogP contribution in [0.15, 0.2) is 0 Å². The van der Waals surface area contributed by atoms with Gasteiger partial charge in [-0.1, -0.05) is 27.7 Å². The Morgan fingerprint density at radius 2 is 0.605 bits per heavy atom. The molecule has 0 aliphatic heterocycles. The van der Waals surface area contributed by atoms with E-state index in [1.165, 1.54) is 0 Å². The Kier molecular flexibility index (Phi) is 22.0. The summed E-state index contributed by atoms with van der Waals surface area (Å²) in [6, 6.07) is -1.38. The molecule has 0 bridgehead atoms. The number of aliphatic carboxylic acids is 6. The monoisotopic (exact) mass is 554 g/mol. The van der Waals surface area contributed by atoms with Crippen molar-refractivity contribution in [1.29, 1.82) is 0 Å². The molecule has 0 saturated carbocycles. The molecule has 0 unspecified atom stereocenters. The maximum Gasteiger partial charge on any atom is 0.381 e. The highest BCUT2D eigenvalue weighted by atomic mass is 16.4. The van der Waals surface area contributed by atoms with Gasteiger partial charge in [0.05, 0.1) is 0 Å². The Morgan fingerprint density at radius 1 is 0.447 bits per heavy atom. The van der Waals surface area contributed by atoms with Crippen LogP contribution in [-0.2, 0) is 47.9 Å². The zero-order chi connectivity index (χ0) is 31.5. The summed E-state index contributed by atoms with van der Waals surface area (Å²) in [5.74, 6) is -17.1. The van der Waals surface area contributed by atoms with Crippen LogP contribution in [0.3, 0.4) is 0 Å². The van der Waals surface area contributed by atoms with E-state index < -0.39 is 71.0 Å². The van der Waals surface area contributed by atoms with E-state index in [9.17, 15) is 47.9 Å². The van der Waals surface area contributed by atoms with E-state index >= 15 is 0 Å². The zero-order valence-electron chi connectivity index (χ0n) is 20.6. The number of carbonyl (C=O) groups is 10. The molecule has 0 heterocycles. The van der Waals surface area contributed by atoms with E-state index in [0.717, 1.165) is 0 Å². The molecule has 0 rings (SSSR count). The third-order valence-electron chi connectivity index (χ3n) is 3.27. The quantitative estimate of drug-likeness (QED) is 0.0910. The Labute approximate surface area is 214 Å². The molecule has 10 N–H and O–H groups in total. The number of Topliss-reactive ketones (excluding diaryl/α,β-unsaturated/α-hetero) is 4. The Bertz CT molecular complexity index is 800. The molecule has 0 aliphatic carbocycles. The molecule has 0 fully saturated rings. The Balaban J connectivity index is -0.000000203. The van der Waals surface area contributed by atoms with Crippen LogP contribution in [0.5, 0.6) is 0 Å². The van der Waals surface area contributed by atoms with Gasteiger partial charge in [0.15, 0.2) is 0 Å². The van der Waals surface area contributed by atoms with Crippen molar-refractivity contribution in [1.82, 2.24) is 0 Å². The number of carbonyl (C=O) groups excluding carboxylic acids is 4. The average Bonchev–Trinajstić information content (AvgIpc) is 2.76. The maximum absolute atomic E-state index is 10.1. The second-order valence-electron chi connectivity index (χ2n) is 7.69. The van der Waals surface area contributed by atoms with E-state index in [4.69, 9.17) is 42.1 Å². The van der Waals surface area contributed by atoms with Gasteiger partial charge < -0.3 is 42.1 Å². The van der Waals surface area contributed by atoms with Crippen LogP contribution >= 0.6 is 0 Å². The third-order valence-corrected chi connectivity index (χ3v) is 3.27. The van der Waals surface area contributed by atoms with Gasteiger partial charge in [0.1, 0.15) is 12.1 Å². The molecular formula is C20H30N2O16. The fraction of sp³-hybridized carbons (Fsp3) is 0.500. The van der Waals surface area contributed by atoms with Crippen molar-refractivity contribution in [2.45, 2.75) is 52.6 Å². The minimum atomic E-state index is -2.06. The minimum Gasteiger partial charge on any atom is -0.480 e. The van der Waals surface area contributed by atoms with Crippen LogP contribution in [0.2, 0.25) is 0 Å². The number of nitrogens with two attached hydrogens (primary N) is 2. The highest BCUT2D eigenvalue weighted by Crippen LogP contribution is 2.02. The van der Waals surface area contributed by atoms with Crippen molar-refractivity contribution >= 4 is 58.9 Å². The number of carboxylic acid groups (broad SMARTS) is 6. The number of rotatable bonds is 12. The summed E-state index contributed by atoms with van der Waals surface area (Å²) in [6.45, 7) is 7.79. The highest BCUT2D eigenvalue weighted by Gasteiger charge is 2.28. The van der Waals surface area contributed by atoms with Gasteiger partial charge in [-0.25, -0.2) is 19.2 Å². The molecule has 216 valence electrons. The summed E-state index contributed by atoms with van der Waals surface area (Å²) in [6.07, 6.45) is 1.10. The molecule has 18 heteroatoms. The number of hydrogen-bond acceptors (Lipinski definition) is 12. The first kappa shape index (κ1) is 40.6. The summed E-state index contributed by atoms with van der Waals surface area (Å²) in [5.41, 5.74) is 10.4. The van der Waals surface area contributed by atoms with Crippen molar-refractivity contribution in [3.05, 3.63) is 0 Å². The highest BCUT2D eigenvalue weighted by molar-refractivity contribution is 6.76. The average molecular weight is 554 g/mol. The number of ketones is 4. The summed E-state index contributed by atoms with van der Waals surface area (Å²) in [5, 5.41) is 47.7. The number of hydrogen-bond donors (Lipinski definition) is 8. The molecule has 18 nitrogen and oxygen atoms in total. The van der Waals surface area contributed by atoms with Crippen LogP contribution in [0.4, 0.5) is 0 Å². The Hall–Kier alpha value is -4.58. The normalized spacial score (nSPS) is 10.9. The molecule has 0 aromatic carbocycles. The van der Waals surface area contributed by atoms with Gasteiger partial charge in [-0.15, -0.1) is 0 Å². The fourth-order valence-electron chi connectivity index (χ4n) is 1.61. The first-order valence-corrected chi connectivity index (χ1v) is 10.1. The van der Waals surface area contributed by atoms with Gasteiger partial charge in [-0.05, 0) is 24.7 Å². The van der Waals surface area contributed by atoms with Crippen molar-refractivity contribution in [2.24, 2.45) is 23.3 Å². The molecule has 0 spiro atoms. The van der Waals surface area contributed by atoms with Gasteiger partial charge in [-0.2, -0.15) is 0 Å². The van der Waals surface area contributed by atoms with E-state index in [1.54, 1.807) is 0 Å². The fourth-order valence-corrected chi connectivity index (χ4v) is 1.61. The number of carboxylic acids is 6. The van der Waals surface area contributed by atoms with E-state index in [2.05, 4.69) is 0 Å². The summed E-state index contributed by atoms with van der Waals surface area (Å²) >= 11 is 0. The lowest BCUT2D eigenvalue weighted by Gasteiger charge is -2.07. The second kappa shape index (κ2) is 20.6. The lowest BCUT2D eigenvalue weighted by atomic mass is 10.1. The van der Waals surface area contributed by atoms with Crippen LogP contribution in [0.25, 0.3) is 0 Å². The van der Waals surface area contributed by atoms with E-state index in [1.807, 2.05) is 27.7 Å². The molecular weight excluding hydrogens is 524 g/mol. The van der Waals surface area contributed by atoms with Gasteiger partial charge in [0.2, 0.25) is 0 Å². The van der Waals surface area contributed by atoms with Crippen molar-refractivity contribution in [3.8, 4) is 0 Å². The molecule has 0 radical (unpaired) electrons. The molecule has 0 saturated heterocycles. The topological polar surface area (TPSA) is 344 Å². The van der Waals surface area contributed by atoms with Crippen molar-refractivity contribution in [3.63, 3.8) is 0 Å². The second-order valence-corrected chi connectivity index (χ2v) is 7.69. The SMILES string of the molecule is CC(C)C[C@H](N)C(=O)O.CC(C)C[C@H](N)C(=O)O.O=C(O)C(=O)C(=O)C(=O)O.O=C(O)C(=O)C(=O)C(=O)O. The molecule has 0 aromatic rings. The zero-order valence-corrected chi connectivity index (χ0v) is 20.6. The molecule has 0 amide bonds. The van der Waals surface area contributed by atoms with Gasteiger partial charge >= 0.3 is 58.9 Å². The summed E-state index contributed by atoms with van der Waals surface area (Å²) in [7, 11) is 0. The first-order valence-electron chi connectivity index (χ1n) is 10.1. The lowest BCUT2D eigenvalue weighted by Crippen LogP contribution is -2.31. The van der Waals surface area contributed by atoms with Crippen LogP contribution in [0.1, 0.15) is 40.5 Å². The van der Waals surface area contributed by atoms with Gasteiger partial charge in [-0.3, -0.25) is 28.8 Å².